The molecular weight excluding hydrogens is 221 g/mol. The van der Waals surface area contributed by atoms with Crippen LogP contribution in [0.15, 0.2) is 11.6 Å². The Labute approximate surface area is 92.5 Å². The summed E-state index contributed by atoms with van der Waals surface area (Å²) in [4.78, 5) is 11.1. The molecule has 0 aromatic heterocycles. The minimum atomic E-state index is -4.10. The molecule has 1 aliphatic rings. The van der Waals surface area contributed by atoms with Gasteiger partial charge in [-0.3, -0.25) is 0 Å². The van der Waals surface area contributed by atoms with E-state index in [0.717, 1.165) is 5.57 Å². The molecule has 5 heteroatoms. The summed E-state index contributed by atoms with van der Waals surface area (Å²) in [6.07, 6.45) is -1.94. The Morgan fingerprint density at radius 3 is 2.44 bits per heavy atom. The smallest absolute Gasteiger partial charge is 0.391 e. The van der Waals surface area contributed by atoms with E-state index in [2.05, 4.69) is 0 Å². The van der Waals surface area contributed by atoms with Crippen molar-refractivity contribution in [1.82, 2.24) is 0 Å². The predicted octanol–water partition coefficient (Wildman–Crippen LogP) is 3.23. The van der Waals surface area contributed by atoms with Crippen molar-refractivity contribution in [3.63, 3.8) is 0 Å². The molecular formula is C11H15F3O2. The number of carbonyl (C=O) groups is 1. The molecule has 92 valence electrons. The number of hydrogen-bond donors (Lipinski definition) is 0. The first-order valence-corrected chi connectivity index (χ1v) is 5.36. The second-order valence-electron chi connectivity index (χ2n) is 3.87. The molecule has 0 bridgehead atoms. The summed E-state index contributed by atoms with van der Waals surface area (Å²) in [6.45, 7) is 1.98. The maximum Gasteiger partial charge on any atom is 0.391 e. The highest BCUT2D eigenvalue weighted by Gasteiger charge is 2.40. The van der Waals surface area contributed by atoms with Crippen LogP contribution < -0.4 is 0 Å². The lowest BCUT2D eigenvalue weighted by atomic mass is 9.85. The molecule has 0 aliphatic heterocycles. The molecule has 0 atom stereocenters. The third-order valence-corrected chi connectivity index (χ3v) is 2.70. The van der Waals surface area contributed by atoms with E-state index in [-0.39, 0.29) is 19.4 Å². The zero-order valence-electron chi connectivity index (χ0n) is 9.14. The van der Waals surface area contributed by atoms with Crippen molar-refractivity contribution in [2.24, 2.45) is 5.92 Å². The fraction of sp³-hybridized carbons (Fsp3) is 0.727. The third-order valence-electron chi connectivity index (χ3n) is 2.70. The number of rotatable bonds is 2. The van der Waals surface area contributed by atoms with E-state index in [4.69, 9.17) is 4.74 Å². The lowest BCUT2D eigenvalue weighted by Gasteiger charge is -2.25. The second-order valence-corrected chi connectivity index (χ2v) is 3.87. The van der Waals surface area contributed by atoms with Crippen LogP contribution in [0.5, 0.6) is 0 Å². The quantitative estimate of drug-likeness (QED) is 0.543. The Balaban J connectivity index is 2.46. The van der Waals surface area contributed by atoms with Crippen molar-refractivity contribution in [3.8, 4) is 0 Å². The van der Waals surface area contributed by atoms with Gasteiger partial charge < -0.3 is 4.74 Å². The van der Waals surface area contributed by atoms with E-state index in [9.17, 15) is 18.0 Å². The van der Waals surface area contributed by atoms with E-state index in [1.165, 1.54) is 6.08 Å². The van der Waals surface area contributed by atoms with Gasteiger partial charge in [0.25, 0.3) is 0 Å². The van der Waals surface area contributed by atoms with Crippen molar-refractivity contribution in [2.75, 3.05) is 6.61 Å². The topological polar surface area (TPSA) is 26.3 Å². The van der Waals surface area contributed by atoms with Gasteiger partial charge >= 0.3 is 12.1 Å². The van der Waals surface area contributed by atoms with Gasteiger partial charge in [-0.2, -0.15) is 13.2 Å². The Kier molecular flexibility index (Phi) is 4.38. The van der Waals surface area contributed by atoms with E-state index in [1.807, 2.05) is 0 Å². The van der Waals surface area contributed by atoms with Crippen LogP contribution in [-0.4, -0.2) is 18.8 Å². The molecule has 0 amide bonds. The summed E-state index contributed by atoms with van der Waals surface area (Å²) in [7, 11) is 0. The Morgan fingerprint density at radius 1 is 1.44 bits per heavy atom. The van der Waals surface area contributed by atoms with Crippen molar-refractivity contribution < 1.29 is 22.7 Å². The van der Waals surface area contributed by atoms with E-state index in [0.29, 0.717) is 12.8 Å². The molecule has 0 heterocycles. The Morgan fingerprint density at radius 2 is 2.00 bits per heavy atom. The molecule has 1 saturated carbocycles. The number of ether oxygens (including phenoxy) is 1. The average Bonchev–Trinajstić information content (AvgIpc) is 2.17. The van der Waals surface area contributed by atoms with Gasteiger partial charge in [-0.1, -0.05) is 5.57 Å². The normalized spacial score (nSPS) is 21.8. The van der Waals surface area contributed by atoms with Gasteiger partial charge in [-0.05, 0) is 32.6 Å². The first kappa shape index (κ1) is 13.1. The number of alkyl halides is 3. The van der Waals surface area contributed by atoms with Crippen LogP contribution in [0.1, 0.15) is 32.6 Å². The third kappa shape index (κ3) is 3.87. The number of esters is 1. The first-order valence-electron chi connectivity index (χ1n) is 5.36. The van der Waals surface area contributed by atoms with Crippen molar-refractivity contribution in [3.05, 3.63) is 11.6 Å². The summed E-state index contributed by atoms with van der Waals surface area (Å²) in [5.41, 5.74) is 0.763. The van der Waals surface area contributed by atoms with Crippen LogP contribution in [-0.2, 0) is 9.53 Å². The molecule has 0 N–H and O–H groups in total. The average molecular weight is 236 g/mol. The second kappa shape index (κ2) is 5.37. The Hall–Kier alpha value is -1.00. The van der Waals surface area contributed by atoms with E-state index in [1.54, 1.807) is 6.92 Å². The molecule has 0 spiro atoms. The SMILES string of the molecule is CCOC(=O)C=C1CCC(C(F)(F)F)CC1. The van der Waals surface area contributed by atoms with Crippen LogP contribution in [0.4, 0.5) is 13.2 Å². The van der Waals surface area contributed by atoms with Crippen LogP contribution in [0.25, 0.3) is 0 Å². The minimum Gasteiger partial charge on any atom is -0.463 e. The molecule has 0 radical (unpaired) electrons. The Bertz CT molecular complexity index is 271. The number of halogens is 3. The summed E-state index contributed by atoms with van der Waals surface area (Å²) in [5.74, 6) is -1.67. The summed E-state index contributed by atoms with van der Waals surface area (Å²) in [6, 6.07) is 0. The molecule has 0 aromatic rings. The fourth-order valence-corrected chi connectivity index (χ4v) is 1.81. The lowest BCUT2D eigenvalue weighted by molar-refractivity contribution is -0.179. The first-order chi connectivity index (χ1) is 7.43. The molecule has 1 aliphatic carbocycles. The fourth-order valence-electron chi connectivity index (χ4n) is 1.81. The summed E-state index contributed by atoms with van der Waals surface area (Å²) < 4.78 is 41.7. The molecule has 0 aromatic carbocycles. The predicted molar refractivity (Wildman–Crippen MR) is 52.7 cm³/mol. The van der Waals surface area contributed by atoms with Crippen LogP contribution in [0.2, 0.25) is 0 Å². The van der Waals surface area contributed by atoms with Crippen molar-refractivity contribution in [2.45, 2.75) is 38.8 Å². The van der Waals surface area contributed by atoms with Gasteiger partial charge in [0.05, 0.1) is 12.5 Å². The zero-order chi connectivity index (χ0) is 12.2. The highest BCUT2D eigenvalue weighted by atomic mass is 19.4. The molecule has 0 unspecified atom stereocenters. The highest BCUT2D eigenvalue weighted by molar-refractivity contribution is 5.82. The molecule has 2 nitrogen and oxygen atoms in total. The number of hydrogen-bond acceptors (Lipinski definition) is 2. The molecule has 0 saturated heterocycles. The lowest BCUT2D eigenvalue weighted by Crippen LogP contribution is -2.25. The summed E-state index contributed by atoms with van der Waals surface area (Å²) >= 11 is 0. The molecule has 1 rings (SSSR count). The van der Waals surface area contributed by atoms with E-state index >= 15 is 0 Å². The van der Waals surface area contributed by atoms with Gasteiger partial charge in [0.2, 0.25) is 0 Å². The number of carbonyl (C=O) groups excluding carboxylic acids is 1. The standard InChI is InChI=1S/C11H15F3O2/c1-2-16-10(15)7-8-3-5-9(6-4-8)11(12,13)14/h7,9H,2-6H2,1H3. The maximum absolute atomic E-state index is 12.3. The van der Waals surface area contributed by atoms with Gasteiger partial charge in [0.15, 0.2) is 0 Å². The maximum atomic E-state index is 12.3. The monoisotopic (exact) mass is 236 g/mol. The van der Waals surface area contributed by atoms with Gasteiger partial charge in [-0.25, -0.2) is 4.79 Å². The van der Waals surface area contributed by atoms with Gasteiger partial charge in [0.1, 0.15) is 0 Å². The van der Waals surface area contributed by atoms with Crippen LogP contribution >= 0.6 is 0 Å². The zero-order valence-corrected chi connectivity index (χ0v) is 9.14. The van der Waals surface area contributed by atoms with Gasteiger partial charge in [0, 0.05) is 6.08 Å². The highest BCUT2D eigenvalue weighted by Crippen LogP contribution is 2.39. The van der Waals surface area contributed by atoms with Gasteiger partial charge in [-0.15, -0.1) is 0 Å². The molecule has 16 heavy (non-hydrogen) atoms. The van der Waals surface area contributed by atoms with Crippen molar-refractivity contribution in [1.29, 1.82) is 0 Å². The van der Waals surface area contributed by atoms with Crippen LogP contribution in [0.3, 0.4) is 0 Å². The van der Waals surface area contributed by atoms with E-state index < -0.39 is 18.1 Å². The van der Waals surface area contributed by atoms with Crippen molar-refractivity contribution >= 4 is 5.97 Å². The summed E-state index contributed by atoms with van der Waals surface area (Å²) in [5, 5.41) is 0. The number of allylic oxidation sites excluding steroid dienone is 1. The largest absolute Gasteiger partial charge is 0.463 e. The van der Waals surface area contributed by atoms with Crippen LogP contribution in [0, 0.1) is 5.92 Å². The minimum absolute atomic E-state index is 0.0781. The molecule has 1 fully saturated rings.